The molecular formula is C20H23NO5. The number of carbonyl (C=O) groups is 1. The van der Waals surface area contributed by atoms with Gasteiger partial charge in [0.05, 0.1) is 19.8 Å². The fourth-order valence-corrected chi connectivity index (χ4v) is 2.83. The number of likely N-dealkylation sites (N-methyl/N-ethyl adjacent to an activating group) is 1. The van der Waals surface area contributed by atoms with Crippen molar-refractivity contribution in [2.24, 2.45) is 0 Å². The van der Waals surface area contributed by atoms with Crippen LogP contribution in [0.15, 0.2) is 42.5 Å². The summed E-state index contributed by atoms with van der Waals surface area (Å²) in [7, 11) is 3.30. The first-order valence-electron chi connectivity index (χ1n) is 8.51. The van der Waals surface area contributed by atoms with Gasteiger partial charge in [0, 0.05) is 13.5 Å². The number of nitrogens with zero attached hydrogens (tertiary/aromatic N) is 1. The van der Waals surface area contributed by atoms with E-state index in [-0.39, 0.29) is 19.2 Å². The first-order chi connectivity index (χ1) is 12.6. The third-order valence-electron chi connectivity index (χ3n) is 4.44. The molecule has 138 valence electrons. The summed E-state index contributed by atoms with van der Waals surface area (Å²) in [5, 5.41) is 10.3. The number of fused-ring (bicyclic) bond motifs is 1. The molecular weight excluding hydrogens is 334 g/mol. The molecule has 0 radical (unpaired) electrons. The Bertz CT molecular complexity index is 759. The van der Waals surface area contributed by atoms with Gasteiger partial charge in [-0.25, -0.2) is 0 Å². The summed E-state index contributed by atoms with van der Waals surface area (Å²) < 4.78 is 15.7. The number of aryl methyl sites for hydroxylation is 1. The van der Waals surface area contributed by atoms with Crippen LogP contribution in [0.1, 0.15) is 23.7 Å². The Morgan fingerprint density at radius 2 is 1.92 bits per heavy atom. The second-order valence-electron chi connectivity index (χ2n) is 6.25. The fraction of sp³-hybridized carbons (Fsp3) is 0.350. The Labute approximate surface area is 152 Å². The first-order valence-corrected chi connectivity index (χ1v) is 8.51. The van der Waals surface area contributed by atoms with Crippen molar-refractivity contribution in [3.63, 3.8) is 0 Å². The summed E-state index contributed by atoms with van der Waals surface area (Å²) in [6.45, 7) is 0.482. The van der Waals surface area contributed by atoms with Crippen LogP contribution in [0.25, 0.3) is 0 Å². The summed E-state index contributed by atoms with van der Waals surface area (Å²) in [6, 6.07) is 12.9. The van der Waals surface area contributed by atoms with Gasteiger partial charge in [-0.3, -0.25) is 4.79 Å². The van der Waals surface area contributed by atoms with Crippen LogP contribution < -0.4 is 14.2 Å². The molecule has 0 aromatic heterocycles. The van der Waals surface area contributed by atoms with Crippen molar-refractivity contribution < 1.29 is 24.1 Å². The second-order valence-corrected chi connectivity index (χ2v) is 6.25. The van der Waals surface area contributed by atoms with E-state index in [0.717, 1.165) is 28.4 Å². The van der Waals surface area contributed by atoms with E-state index in [4.69, 9.17) is 14.2 Å². The summed E-state index contributed by atoms with van der Waals surface area (Å²) in [5.41, 5.74) is 1.77. The zero-order valence-corrected chi connectivity index (χ0v) is 15.0. The molecule has 1 aliphatic rings. The van der Waals surface area contributed by atoms with Crippen molar-refractivity contribution in [3.05, 3.63) is 53.6 Å². The first kappa shape index (κ1) is 18.1. The van der Waals surface area contributed by atoms with Gasteiger partial charge in [0.2, 0.25) is 12.7 Å². The minimum absolute atomic E-state index is 0.0183. The predicted molar refractivity (Wildman–Crippen MR) is 96.5 cm³/mol. The van der Waals surface area contributed by atoms with Crippen LogP contribution in [-0.2, 0) is 11.2 Å². The normalized spacial score (nSPS) is 13.3. The molecule has 1 unspecified atom stereocenters. The minimum Gasteiger partial charge on any atom is -0.497 e. The maximum atomic E-state index is 12.4. The molecule has 0 aliphatic carbocycles. The molecule has 1 amide bonds. The van der Waals surface area contributed by atoms with Crippen molar-refractivity contribution in [1.82, 2.24) is 4.90 Å². The maximum Gasteiger partial charge on any atom is 0.231 e. The van der Waals surface area contributed by atoms with E-state index in [1.165, 1.54) is 0 Å². The molecule has 6 heteroatoms. The van der Waals surface area contributed by atoms with Crippen molar-refractivity contribution in [1.29, 1.82) is 0 Å². The summed E-state index contributed by atoms with van der Waals surface area (Å²) in [6.07, 6.45) is 0.240. The van der Waals surface area contributed by atoms with E-state index in [9.17, 15) is 9.90 Å². The minimum atomic E-state index is -0.736. The molecule has 0 spiro atoms. The van der Waals surface area contributed by atoms with Gasteiger partial charge in [0.1, 0.15) is 5.75 Å². The topological polar surface area (TPSA) is 68.2 Å². The lowest BCUT2D eigenvalue weighted by Gasteiger charge is -2.21. The van der Waals surface area contributed by atoms with E-state index in [1.54, 1.807) is 43.3 Å². The molecule has 2 aromatic carbocycles. The average molecular weight is 357 g/mol. The van der Waals surface area contributed by atoms with Gasteiger partial charge >= 0.3 is 0 Å². The lowest BCUT2D eigenvalue weighted by atomic mass is 10.1. The highest BCUT2D eigenvalue weighted by molar-refractivity contribution is 5.76. The predicted octanol–water partition coefficient (Wildman–Crippen LogP) is 2.55. The number of amides is 1. The second kappa shape index (κ2) is 8.10. The highest BCUT2D eigenvalue weighted by Gasteiger charge is 2.17. The van der Waals surface area contributed by atoms with Crippen molar-refractivity contribution >= 4 is 5.91 Å². The SMILES string of the molecule is COc1ccc(C(O)CN(C)C(=O)CCc2ccc3c(c2)OCO3)cc1. The van der Waals surface area contributed by atoms with Crippen molar-refractivity contribution in [2.75, 3.05) is 27.5 Å². The largest absolute Gasteiger partial charge is 0.497 e. The van der Waals surface area contributed by atoms with Gasteiger partial charge in [-0.2, -0.15) is 0 Å². The van der Waals surface area contributed by atoms with Gasteiger partial charge in [0.15, 0.2) is 11.5 Å². The molecule has 1 heterocycles. The van der Waals surface area contributed by atoms with Gasteiger partial charge in [-0.05, 0) is 41.8 Å². The number of hydrogen-bond donors (Lipinski definition) is 1. The van der Waals surface area contributed by atoms with Gasteiger partial charge < -0.3 is 24.2 Å². The smallest absolute Gasteiger partial charge is 0.231 e. The van der Waals surface area contributed by atoms with E-state index in [2.05, 4.69) is 0 Å². The number of methoxy groups -OCH3 is 1. The van der Waals surface area contributed by atoms with Crippen LogP contribution in [-0.4, -0.2) is 43.4 Å². The average Bonchev–Trinajstić information content (AvgIpc) is 3.13. The number of benzene rings is 2. The van der Waals surface area contributed by atoms with Crippen LogP contribution >= 0.6 is 0 Å². The van der Waals surface area contributed by atoms with Crippen LogP contribution in [0, 0.1) is 0 Å². The number of hydrogen-bond acceptors (Lipinski definition) is 5. The number of rotatable bonds is 7. The molecule has 0 saturated carbocycles. The van der Waals surface area contributed by atoms with Gasteiger partial charge in [0.25, 0.3) is 0 Å². The third-order valence-corrected chi connectivity index (χ3v) is 4.44. The summed E-state index contributed by atoms with van der Waals surface area (Å²) in [4.78, 5) is 13.9. The molecule has 26 heavy (non-hydrogen) atoms. The highest BCUT2D eigenvalue weighted by Crippen LogP contribution is 2.32. The Morgan fingerprint density at radius 1 is 1.19 bits per heavy atom. The van der Waals surface area contributed by atoms with Crippen molar-refractivity contribution in [2.45, 2.75) is 18.9 Å². The molecule has 0 bridgehead atoms. The Balaban J connectivity index is 1.50. The Morgan fingerprint density at radius 3 is 2.65 bits per heavy atom. The lowest BCUT2D eigenvalue weighted by molar-refractivity contribution is -0.131. The maximum absolute atomic E-state index is 12.4. The molecule has 1 aliphatic heterocycles. The van der Waals surface area contributed by atoms with Crippen LogP contribution in [0.3, 0.4) is 0 Å². The monoisotopic (exact) mass is 357 g/mol. The standard InChI is InChI=1S/C20H23NO5/c1-21(12-17(22)15-5-7-16(24-2)8-6-15)20(23)10-4-14-3-9-18-19(11-14)26-13-25-18/h3,5-9,11,17,22H,4,10,12-13H2,1-2H3. The lowest BCUT2D eigenvalue weighted by Crippen LogP contribution is -2.31. The zero-order valence-electron chi connectivity index (χ0n) is 15.0. The molecule has 0 fully saturated rings. The van der Waals surface area contributed by atoms with E-state index in [1.807, 2.05) is 18.2 Å². The number of aliphatic hydroxyl groups is 1. The fourth-order valence-electron chi connectivity index (χ4n) is 2.83. The molecule has 1 N–H and O–H groups in total. The van der Waals surface area contributed by atoms with Crippen LogP contribution in [0.5, 0.6) is 17.2 Å². The van der Waals surface area contributed by atoms with Gasteiger partial charge in [-0.1, -0.05) is 18.2 Å². The van der Waals surface area contributed by atoms with Crippen LogP contribution in [0.2, 0.25) is 0 Å². The van der Waals surface area contributed by atoms with E-state index >= 15 is 0 Å². The summed E-state index contributed by atoms with van der Waals surface area (Å²) >= 11 is 0. The number of carbonyl (C=O) groups excluding carboxylic acids is 1. The Hall–Kier alpha value is -2.73. The molecule has 0 saturated heterocycles. The number of aliphatic hydroxyl groups excluding tert-OH is 1. The van der Waals surface area contributed by atoms with Gasteiger partial charge in [-0.15, -0.1) is 0 Å². The van der Waals surface area contributed by atoms with Crippen LogP contribution in [0.4, 0.5) is 0 Å². The highest BCUT2D eigenvalue weighted by atomic mass is 16.7. The quantitative estimate of drug-likeness (QED) is 0.825. The summed E-state index contributed by atoms with van der Waals surface area (Å²) in [5.74, 6) is 2.17. The van der Waals surface area contributed by atoms with Crippen molar-refractivity contribution in [3.8, 4) is 17.2 Å². The molecule has 1 atom stereocenters. The third kappa shape index (κ3) is 4.26. The molecule has 6 nitrogen and oxygen atoms in total. The Kier molecular flexibility index (Phi) is 5.63. The molecule has 2 aromatic rings. The zero-order chi connectivity index (χ0) is 18.5. The van der Waals surface area contributed by atoms with E-state index < -0.39 is 6.10 Å². The number of ether oxygens (including phenoxy) is 3. The van der Waals surface area contributed by atoms with E-state index in [0.29, 0.717) is 12.8 Å². The molecule has 3 rings (SSSR count).